The molecule has 2 aromatic carbocycles. The maximum atomic E-state index is 13.1. The van der Waals surface area contributed by atoms with Crippen LogP contribution in [0.15, 0.2) is 48.5 Å². The summed E-state index contributed by atoms with van der Waals surface area (Å²) in [5.74, 6) is -1.46. The summed E-state index contributed by atoms with van der Waals surface area (Å²) in [5.41, 5.74) is 0.842. The standard InChI is InChI=1S/C42H60O10/c1-11-41(7,37(45)47-9)27-39(3,4)35(43)51-23-21-49-33-25-29-17-14-16-20-32(29)34(26-30-18-13-15-19-31(30)33)50-22-24-52-36(44)40(5,6)28-42(8,12-2)38(46)48-10/h13-20,33-34H,11-12,21-28H2,1-10H3. The average molecular weight is 725 g/mol. The zero-order chi connectivity index (χ0) is 38.7. The molecule has 2 aromatic rings. The fraction of sp³-hybridized carbons (Fsp3) is 0.619. The van der Waals surface area contributed by atoms with Crippen LogP contribution in [0.5, 0.6) is 0 Å². The van der Waals surface area contributed by atoms with Crippen molar-refractivity contribution in [3.05, 3.63) is 70.8 Å². The minimum Gasteiger partial charge on any atom is -0.469 e. The van der Waals surface area contributed by atoms with Crippen LogP contribution in [0.1, 0.15) is 116 Å². The summed E-state index contributed by atoms with van der Waals surface area (Å²) in [7, 11) is 2.72. The van der Waals surface area contributed by atoms with Crippen molar-refractivity contribution in [2.75, 3.05) is 40.6 Å². The van der Waals surface area contributed by atoms with Gasteiger partial charge in [-0.15, -0.1) is 0 Å². The molecule has 0 radical (unpaired) electrons. The molecule has 0 heterocycles. The first-order valence-electron chi connectivity index (χ1n) is 18.4. The van der Waals surface area contributed by atoms with Crippen LogP contribution in [0.4, 0.5) is 0 Å². The summed E-state index contributed by atoms with van der Waals surface area (Å²) in [5, 5.41) is 0. The molecule has 1 aliphatic carbocycles. The molecule has 0 N–H and O–H groups in total. The maximum Gasteiger partial charge on any atom is 0.311 e. The SMILES string of the molecule is CCC(C)(CC(C)(C)C(=O)OCCOC1Cc2ccccc2C(OCCOC(=O)C(C)(C)CC(C)(CC)C(=O)OC)Cc2ccccc21)C(=O)OC. The van der Waals surface area contributed by atoms with Gasteiger partial charge < -0.3 is 28.4 Å². The number of carbonyl (C=O) groups excluding carboxylic acids is 4. The molecule has 3 rings (SSSR count). The van der Waals surface area contributed by atoms with Crippen molar-refractivity contribution in [1.29, 1.82) is 0 Å². The van der Waals surface area contributed by atoms with E-state index < -0.39 is 33.6 Å². The molecule has 288 valence electrons. The molecule has 0 spiro atoms. The number of methoxy groups -OCH3 is 2. The van der Waals surface area contributed by atoms with Gasteiger partial charge in [0.25, 0.3) is 0 Å². The molecule has 4 unspecified atom stereocenters. The number of benzene rings is 2. The van der Waals surface area contributed by atoms with E-state index in [2.05, 4.69) is 24.3 Å². The molecule has 52 heavy (non-hydrogen) atoms. The van der Waals surface area contributed by atoms with Crippen LogP contribution in [0, 0.1) is 21.7 Å². The second-order valence-electron chi connectivity index (χ2n) is 15.7. The molecule has 0 aliphatic heterocycles. The Labute approximate surface area is 310 Å². The third-order valence-electron chi connectivity index (χ3n) is 10.6. The van der Waals surface area contributed by atoms with Crippen molar-refractivity contribution in [2.24, 2.45) is 21.7 Å². The van der Waals surface area contributed by atoms with Gasteiger partial charge in [-0.1, -0.05) is 62.4 Å². The molecule has 4 atom stereocenters. The molecule has 0 saturated carbocycles. The molecule has 0 amide bonds. The summed E-state index contributed by atoms with van der Waals surface area (Å²) in [6.07, 6.45) is 2.28. The normalized spacial score (nSPS) is 18.3. The first-order chi connectivity index (χ1) is 24.5. The maximum absolute atomic E-state index is 13.1. The molecule has 0 saturated heterocycles. The number of hydrogen-bond donors (Lipinski definition) is 0. The molecule has 1 aliphatic rings. The third-order valence-corrected chi connectivity index (χ3v) is 10.6. The Hall–Kier alpha value is -3.76. The fourth-order valence-electron chi connectivity index (χ4n) is 7.30. The molecule has 10 heteroatoms. The number of carbonyl (C=O) groups is 4. The van der Waals surface area contributed by atoms with E-state index in [9.17, 15) is 19.2 Å². The lowest BCUT2D eigenvalue weighted by atomic mass is 9.72. The highest BCUT2D eigenvalue weighted by atomic mass is 16.6. The van der Waals surface area contributed by atoms with E-state index in [0.717, 1.165) is 22.3 Å². The minimum absolute atomic E-state index is 0.0747. The van der Waals surface area contributed by atoms with Crippen molar-refractivity contribution in [3.63, 3.8) is 0 Å². The number of hydrogen-bond acceptors (Lipinski definition) is 10. The van der Waals surface area contributed by atoms with E-state index in [4.69, 9.17) is 28.4 Å². The number of ether oxygens (including phenoxy) is 6. The summed E-state index contributed by atoms with van der Waals surface area (Å²) < 4.78 is 34.2. The van der Waals surface area contributed by atoms with Crippen LogP contribution < -0.4 is 0 Å². The third kappa shape index (κ3) is 10.7. The zero-order valence-electron chi connectivity index (χ0n) is 32.9. The first-order valence-corrected chi connectivity index (χ1v) is 18.4. The lowest BCUT2D eigenvalue weighted by Gasteiger charge is -2.33. The molecule has 0 aromatic heterocycles. The Morgan fingerprint density at radius 2 is 0.904 bits per heavy atom. The van der Waals surface area contributed by atoms with Gasteiger partial charge in [0.1, 0.15) is 13.2 Å². The molecule has 10 nitrogen and oxygen atoms in total. The lowest BCUT2D eigenvalue weighted by Crippen LogP contribution is -2.38. The minimum atomic E-state index is -0.894. The van der Waals surface area contributed by atoms with Gasteiger partial charge >= 0.3 is 23.9 Å². The van der Waals surface area contributed by atoms with E-state index >= 15 is 0 Å². The van der Waals surface area contributed by atoms with Crippen LogP contribution >= 0.6 is 0 Å². The average Bonchev–Trinajstić information content (AvgIpc) is 3.12. The number of esters is 4. The molecular formula is C42H60O10. The van der Waals surface area contributed by atoms with E-state index in [0.29, 0.717) is 38.5 Å². The zero-order valence-corrected chi connectivity index (χ0v) is 32.9. The van der Waals surface area contributed by atoms with E-state index in [-0.39, 0.29) is 50.6 Å². The van der Waals surface area contributed by atoms with Crippen LogP contribution in [0.3, 0.4) is 0 Å². The van der Waals surface area contributed by atoms with Gasteiger partial charge in [-0.25, -0.2) is 0 Å². The van der Waals surface area contributed by atoms with Crippen LogP contribution in [-0.2, 0) is 60.4 Å². The topological polar surface area (TPSA) is 124 Å². The van der Waals surface area contributed by atoms with Crippen molar-refractivity contribution in [3.8, 4) is 0 Å². The van der Waals surface area contributed by atoms with Gasteiger partial charge in [0.2, 0.25) is 0 Å². The Bertz CT molecular complexity index is 1420. The molecule has 0 fully saturated rings. The van der Waals surface area contributed by atoms with E-state index in [1.165, 1.54) is 14.2 Å². The van der Waals surface area contributed by atoms with Gasteiger partial charge in [-0.3, -0.25) is 19.2 Å². The number of fused-ring (bicyclic) bond motifs is 2. The fourth-order valence-corrected chi connectivity index (χ4v) is 7.30. The highest BCUT2D eigenvalue weighted by Gasteiger charge is 2.44. The predicted molar refractivity (Wildman–Crippen MR) is 197 cm³/mol. The van der Waals surface area contributed by atoms with Gasteiger partial charge in [-0.2, -0.15) is 0 Å². The van der Waals surface area contributed by atoms with Crippen LogP contribution in [-0.4, -0.2) is 64.5 Å². The van der Waals surface area contributed by atoms with Crippen molar-refractivity contribution < 1.29 is 47.6 Å². The van der Waals surface area contributed by atoms with E-state index in [1.807, 2.05) is 52.0 Å². The lowest BCUT2D eigenvalue weighted by molar-refractivity contribution is -0.164. The highest BCUT2D eigenvalue weighted by Crippen LogP contribution is 2.40. The molecule has 0 bridgehead atoms. The number of rotatable bonds is 18. The Kier molecular flexibility index (Phi) is 15.0. The second kappa shape index (κ2) is 18.3. The van der Waals surface area contributed by atoms with Crippen molar-refractivity contribution in [1.82, 2.24) is 0 Å². The van der Waals surface area contributed by atoms with Crippen LogP contribution in [0.2, 0.25) is 0 Å². The van der Waals surface area contributed by atoms with Gasteiger partial charge in [0.15, 0.2) is 0 Å². The quantitative estimate of drug-likeness (QED) is 0.0859. The monoisotopic (exact) mass is 724 g/mol. The second-order valence-corrected chi connectivity index (χ2v) is 15.7. The first kappa shape index (κ1) is 42.7. The Morgan fingerprint density at radius 3 is 1.23 bits per heavy atom. The van der Waals surface area contributed by atoms with Gasteiger partial charge in [-0.05, 0) is 89.5 Å². The highest BCUT2D eigenvalue weighted by molar-refractivity contribution is 5.81. The largest absolute Gasteiger partial charge is 0.469 e. The van der Waals surface area contributed by atoms with Gasteiger partial charge in [0.05, 0.1) is 61.3 Å². The summed E-state index contributed by atoms with van der Waals surface area (Å²) in [6.45, 7) is 15.1. The summed E-state index contributed by atoms with van der Waals surface area (Å²) in [6, 6.07) is 16.2. The molecular weight excluding hydrogens is 664 g/mol. The summed E-state index contributed by atoms with van der Waals surface area (Å²) in [4.78, 5) is 51.1. The summed E-state index contributed by atoms with van der Waals surface area (Å²) >= 11 is 0. The Morgan fingerprint density at radius 1 is 0.558 bits per heavy atom. The van der Waals surface area contributed by atoms with Crippen LogP contribution in [0.25, 0.3) is 0 Å². The Balaban J connectivity index is 1.65. The predicted octanol–water partition coefficient (Wildman–Crippen LogP) is 7.70. The van der Waals surface area contributed by atoms with E-state index in [1.54, 1.807) is 27.7 Å². The smallest absolute Gasteiger partial charge is 0.311 e. The van der Waals surface area contributed by atoms with Crippen molar-refractivity contribution >= 4 is 23.9 Å². The van der Waals surface area contributed by atoms with Crippen molar-refractivity contribution in [2.45, 2.75) is 106 Å². The van der Waals surface area contributed by atoms with Gasteiger partial charge in [0, 0.05) is 12.8 Å².